The molecule has 2 aromatic heterocycles. The van der Waals surface area contributed by atoms with E-state index in [-0.39, 0.29) is 17.5 Å². The van der Waals surface area contributed by atoms with Crippen LogP contribution in [-0.2, 0) is 6.67 Å². The highest BCUT2D eigenvalue weighted by Gasteiger charge is 2.09. The highest BCUT2D eigenvalue weighted by atomic mass is 35.5. The van der Waals surface area contributed by atoms with Gasteiger partial charge >= 0.3 is 0 Å². The molecule has 0 aliphatic carbocycles. The molecule has 166 valence electrons. The highest BCUT2D eigenvalue weighted by molar-refractivity contribution is 6.31. The quantitative estimate of drug-likeness (QED) is 0.399. The lowest BCUT2D eigenvalue weighted by atomic mass is 10.1. The summed E-state index contributed by atoms with van der Waals surface area (Å²) in [5.41, 5.74) is 2.62. The molecule has 2 N–H and O–H groups in total. The minimum Gasteiger partial charge on any atom is -0.457 e. The maximum atomic E-state index is 13.0. The van der Waals surface area contributed by atoms with E-state index in [1.54, 1.807) is 42.5 Å². The summed E-state index contributed by atoms with van der Waals surface area (Å²) in [6.07, 6.45) is 3.04. The van der Waals surface area contributed by atoms with Crippen LogP contribution in [0.5, 0.6) is 11.5 Å². The number of nitrogens with one attached hydrogen (secondary N) is 2. The van der Waals surface area contributed by atoms with E-state index in [1.165, 1.54) is 19.4 Å². The van der Waals surface area contributed by atoms with Gasteiger partial charge in [-0.3, -0.25) is 9.78 Å². The number of alkyl halides is 1. The number of carbonyl (C=O) groups is 1. The number of nitrogens with zero attached hydrogens (tertiary/aromatic N) is 4. The van der Waals surface area contributed by atoms with Gasteiger partial charge < -0.3 is 15.4 Å². The second-order valence-corrected chi connectivity index (χ2v) is 7.22. The molecule has 4 aromatic rings. The fraction of sp³-hybridized carbons (Fsp3) is 0.0870. The topological polar surface area (TPSA) is 102 Å². The maximum absolute atomic E-state index is 13.0. The van der Waals surface area contributed by atoms with Gasteiger partial charge in [-0.05, 0) is 48.5 Å². The number of amides is 1. The van der Waals surface area contributed by atoms with Crippen molar-refractivity contribution in [1.82, 2.24) is 25.5 Å². The number of aromatic nitrogens is 4. The van der Waals surface area contributed by atoms with E-state index in [0.29, 0.717) is 33.5 Å². The zero-order chi connectivity index (χ0) is 23.2. The summed E-state index contributed by atoms with van der Waals surface area (Å²) < 4.78 is 18.9. The van der Waals surface area contributed by atoms with Gasteiger partial charge in [0, 0.05) is 41.1 Å². The number of hydrogen-bond acceptors (Lipinski definition) is 7. The molecule has 0 aliphatic heterocycles. The molecule has 8 nitrogen and oxygen atoms in total. The largest absolute Gasteiger partial charge is 0.457 e. The average molecular weight is 465 g/mol. The van der Waals surface area contributed by atoms with Gasteiger partial charge in [0.25, 0.3) is 5.91 Å². The number of hydrogen-bond donors (Lipinski definition) is 2. The van der Waals surface area contributed by atoms with Gasteiger partial charge in [0.1, 0.15) is 23.9 Å². The van der Waals surface area contributed by atoms with Crippen LogP contribution in [0.15, 0.2) is 67.0 Å². The van der Waals surface area contributed by atoms with Crippen LogP contribution >= 0.6 is 11.6 Å². The highest BCUT2D eigenvalue weighted by Crippen LogP contribution is 2.26. The van der Waals surface area contributed by atoms with Crippen LogP contribution in [0.3, 0.4) is 0 Å². The zero-order valence-corrected chi connectivity index (χ0v) is 18.2. The summed E-state index contributed by atoms with van der Waals surface area (Å²) in [7, 11) is 1.54. The Morgan fingerprint density at radius 3 is 2.67 bits per heavy atom. The molecule has 0 spiro atoms. The van der Waals surface area contributed by atoms with Crippen LogP contribution in [-0.4, -0.2) is 33.1 Å². The third kappa shape index (κ3) is 5.39. The lowest BCUT2D eigenvalue weighted by Crippen LogP contribution is -2.18. The SMILES string of the molecule is CNC(=O)c1cc(Oc2ccc(-c3cnnc(Nc4ccc(Cl)c(CF)c4)n3)cc2)ccn1. The maximum Gasteiger partial charge on any atom is 0.269 e. The van der Waals surface area contributed by atoms with Crippen molar-refractivity contribution in [2.45, 2.75) is 6.67 Å². The molecule has 0 atom stereocenters. The predicted molar refractivity (Wildman–Crippen MR) is 123 cm³/mol. The van der Waals surface area contributed by atoms with E-state index < -0.39 is 6.67 Å². The first-order valence-electron chi connectivity index (χ1n) is 9.83. The Kier molecular flexibility index (Phi) is 6.70. The number of halogens is 2. The Morgan fingerprint density at radius 2 is 1.91 bits per heavy atom. The normalized spacial score (nSPS) is 10.5. The Bertz CT molecular complexity index is 1290. The summed E-state index contributed by atoms with van der Waals surface area (Å²) >= 11 is 5.95. The first-order chi connectivity index (χ1) is 16.1. The third-order valence-corrected chi connectivity index (χ3v) is 4.95. The van der Waals surface area contributed by atoms with Crippen molar-refractivity contribution >= 4 is 29.1 Å². The molecule has 0 radical (unpaired) electrons. The van der Waals surface area contributed by atoms with Crippen molar-refractivity contribution in [1.29, 1.82) is 0 Å². The summed E-state index contributed by atoms with van der Waals surface area (Å²) in [4.78, 5) is 20.2. The van der Waals surface area contributed by atoms with Gasteiger partial charge in [-0.2, -0.15) is 5.10 Å². The second kappa shape index (κ2) is 10.0. The standard InChI is InChI=1S/C23H18ClFN6O2/c1-26-22(32)20-11-18(8-9-27-20)33-17-5-2-14(3-6-17)21-13-28-31-23(30-21)29-16-4-7-19(24)15(10-16)12-25/h2-11,13H,12H2,1H3,(H,26,32)(H,29,30,31). The third-order valence-electron chi connectivity index (χ3n) is 4.58. The van der Waals surface area contributed by atoms with Crippen molar-refractivity contribution in [3.63, 3.8) is 0 Å². The van der Waals surface area contributed by atoms with Crippen LogP contribution in [0.4, 0.5) is 16.0 Å². The molecule has 0 saturated heterocycles. The molecule has 0 fully saturated rings. The molecule has 1 amide bonds. The van der Waals surface area contributed by atoms with E-state index in [2.05, 4.69) is 30.8 Å². The van der Waals surface area contributed by atoms with Crippen molar-refractivity contribution < 1.29 is 13.9 Å². The molecular formula is C23H18ClFN6O2. The van der Waals surface area contributed by atoms with Gasteiger partial charge in [0.2, 0.25) is 5.95 Å². The van der Waals surface area contributed by atoms with E-state index in [9.17, 15) is 9.18 Å². The first kappa shape index (κ1) is 22.1. The van der Waals surface area contributed by atoms with E-state index >= 15 is 0 Å². The lowest BCUT2D eigenvalue weighted by molar-refractivity contribution is 0.0958. The van der Waals surface area contributed by atoms with Crippen molar-refractivity contribution in [3.8, 4) is 22.8 Å². The Labute approximate surface area is 193 Å². The Hall–Kier alpha value is -4.11. The van der Waals surface area contributed by atoms with Crippen LogP contribution < -0.4 is 15.4 Å². The van der Waals surface area contributed by atoms with Crippen molar-refractivity contribution in [3.05, 3.63) is 83.3 Å². The molecule has 0 saturated carbocycles. The lowest BCUT2D eigenvalue weighted by Gasteiger charge is -2.09. The Balaban J connectivity index is 1.49. The Morgan fingerprint density at radius 1 is 1.09 bits per heavy atom. The van der Waals surface area contributed by atoms with Crippen LogP contribution in [0.2, 0.25) is 5.02 Å². The number of rotatable bonds is 7. The molecular weight excluding hydrogens is 447 g/mol. The van der Waals surface area contributed by atoms with E-state index in [0.717, 1.165) is 5.56 Å². The van der Waals surface area contributed by atoms with Crippen LogP contribution in [0, 0.1) is 0 Å². The van der Waals surface area contributed by atoms with Crippen LogP contribution in [0.25, 0.3) is 11.3 Å². The van der Waals surface area contributed by atoms with Crippen molar-refractivity contribution in [2.75, 3.05) is 12.4 Å². The van der Waals surface area contributed by atoms with E-state index in [4.69, 9.17) is 16.3 Å². The fourth-order valence-corrected chi connectivity index (χ4v) is 3.10. The first-order valence-corrected chi connectivity index (χ1v) is 10.2. The van der Waals surface area contributed by atoms with Gasteiger partial charge in [0.05, 0.1) is 11.9 Å². The molecule has 10 heteroatoms. The number of carbonyl (C=O) groups excluding carboxylic acids is 1. The predicted octanol–water partition coefficient (Wildman–Crippen LogP) is 4.95. The molecule has 0 unspecified atom stereocenters. The van der Waals surface area contributed by atoms with Crippen molar-refractivity contribution in [2.24, 2.45) is 0 Å². The summed E-state index contributed by atoms with van der Waals surface area (Å²) in [5.74, 6) is 1.03. The second-order valence-electron chi connectivity index (χ2n) is 6.81. The molecule has 0 bridgehead atoms. The number of ether oxygens (including phenoxy) is 1. The van der Waals surface area contributed by atoms with E-state index in [1.807, 2.05) is 12.1 Å². The van der Waals surface area contributed by atoms with Gasteiger partial charge in [0.15, 0.2) is 0 Å². The minimum absolute atomic E-state index is 0.262. The number of anilines is 2. The number of benzene rings is 2. The fourth-order valence-electron chi connectivity index (χ4n) is 2.94. The van der Waals surface area contributed by atoms with Gasteiger partial charge in [-0.15, -0.1) is 5.10 Å². The van der Waals surface area contributed by atoms with Gasteiger partial charge in [-0.25, -0.2) is 9.37 Å². The minimum atomic E-state index is -0.672. The van der Waals surface area contributed by atoms with Crippen LogP contribution in [0.1, 0.15) is 16.1 Å². The summed E-state index contributed by atoms with van der Waals surface area (Å²) in [5, 5.41) is 13.9. The van der Waals surface area contributed by atoms with Gasteiger partial charge in [-0.1, -0.05) is 11.6 Å². The monoisotopic (exact) mass is 464 g/mol. The molecule has 0 aliphatic rings. The zero-order valence-electron chi connectivity index (χ0n) is 17.4. The summed E-state index contributed by atoms with van der Waals surface area (Å²) in [6.45, 7) is -0.672. The smallest absolute Gasteiger partial charge is 0.269 e. The summed E-state index contributed by atoms with van der Waals surface area (Å²) in [6, 6.07) is 15.3. The number of pyridine rings is 1. The molecule has 2 heterocycles. The molecule has 2 aromatic carbocycles. The molecule has 33 heavy (non-hydrogen) atoms. The average Bonchev–Trinajstić information content (AvgIpc) is 2.85. The molecule has 4 rings (SSSR count).